The molecule has 0 spiro atoms. The van der Waals surface area contributed by atoms with Crippen LogP contribution in [0.1, 0.15) is 10.4 Å². The van der Waals surface area contributed by atoms with Gasteiger partial charge in [-0.2, -0.15) is 8.42 Å². The van der Waals surface area contributed by atoms with Crippen LogP contribution in [0.15, 0.2) is 59.5 Å². The quantitative estimate of drug-likeness (QED) is 0.323. The molecule has 0 fully saturated rings. The number of hydrogen-bond acceptors (Lipinski definition) is 5. The van der Waals surface area contributed by atoms with Crippen LogP contribution < -0.4 is 11.1 Å². The van der Waals surface area contributed by atoms with Crippen LogP contribution in [0.5, 0.6) is 5.75 Å². The second-order valence-corrected chi connectivity index (χ2v) is 6.76. The van der Waals surface area contributed by atoms with E-state index in [0.717, 1.165) is 0 Å². The van der Waals surface area contributed by atoms with Crippen molar-refractivity contribution in [2.24, 2.45) is 0 Å². The van der Waals surface area contributed by atoms with Crippen LogP contribution in [0, 0.1) is 0 Å². The van der Waals surface area contributed by atoms with E-state index in [2.05, 4.69) is 5.32 Å². The lowest BCUT2D eigenvalue weighted by Gasteiger charge is -2.11. The van der Waals surface area contributed by atoms with Crippen LogP contribution in [-0.4, -0.2) is 24.0 Å². The van der Waals surface area contributed by atoms with Gasteiger partial charge in [-0.3, -0.25) is 9.35 Å². The zero-order chi connectivity index (χ0) is 18.2. The summed E-state index contributed by atoms with van der Waals surface area (Å²) in [6, 6.07) is 13.2. The maximum absolute atomic E-state index is 12.3. The third kappa shape index (κ3) is 3.25. The van der Waals surface area contributed by atoms with E-state index in [1.165, 1.54) is 36.4 Å². The summed E-state index contributed by atoms with van der Waals surface area (Å²) in [5, 5.41) is 13.2. The molecule has 5 N–H and O–H groups in total. The summed E-state index contributed by atoms with van der Waals surface area (Å²) in [6.45, 7) is 0. The van der Waals surface area contributed by atoms with Crippen molar-refractivity contribution in [1.29, 1.82) is 0 Å². The first-order valence-electron chi connectivity index (χ1n) is 7.16. The lowest BCUT2D eigenvalue weighted by molar-refractivity contribution is 0.102. The Morgan fingerprint density at radius 1 is 1.00 bits per heavy atom. The van der Waals surface area contributed by atoms with Crippen molar-refractivity contribution in [2.45, 2.75) is 4.90 Å². The number of anilines is 2. The molecule has 25 heavy (non-hydrogen) atoms. The average Bonchev–Trinajstić information content (AvgIpc) is 2.56. The van der Waals surface area contributed by atoms with E-state index >= 15 is 0 Å². The highest BCUT2D eigenvalue weighted by molar-refractivity contribution is 7.86. The Labute approximate surface area is 143 Å². The molecule has 0 atom stereocenters. The summed E-state index contributed by atoms with van der Waals surface area (Å²) in [6.07, 6.45) is 0. The molecule has 0 aliphatic rings. The number of phenolic OH excluding ortho intramolecular Hbond substituents is 1. The van der Waals surface area contributed by atoms with E-state index in [9.17, 15) is 22.9 Å². The molecule has 0 radical (unpaired) electrons. The zero-order valence-corrected chi connectivity index (χ0v) is 13.6. The van der Waals surface area contributed by atoms with Crippen molar-refractivity contribution in [3.63, 3.8) is 0 Å². The van der Waals surface area contributed by atoms with Gasteiger partial charge in [-0.05, 0) is 30.3 Å². The molecule has 3 aromatic carbocycles. The largest absolute Gasteiger partial charge is 0.505 e. The molecule has 0 saturated carbocycles. The Balaban J connectivity index is 2.04. The van der Waals surface area contributed by atoms with Crippen molar-refractivity contribution < 1.29 is 22.9 Å². The van der Waals surface area contributed by atoms with Crippen molar-refractivity contribution >= 4 is 38.2 Å². The molecule has 0 aromatic heterocycles. The number of nitrogen functional groups attached to an aromatic ring is 1. The predicted octanol–water partition coefficient (Wildman–Crippen LogP) is 2.63. The van der Waals surface area contributed by atoms with E-state index in [4.69, 9.17) is 5.73 Å². The molecule has 0 aliphatic carbocycles. The molecule has 0 heterocycles. The summed E-state index contributed by atoms with van der Waals surface area (Å²) in [5.74, 6) is -0.784. The Hall–Kier alpha value is -3.10. The van der Waals surface area contributed by atoms with Crippen LogP contribution in [0.3, 0.4) is 0 Å². The minimum Gasteiger partial charge on any atom is -0.505 e. The fourth-order valence-electron chi connectivity index (χ4n) is 2.51. The third-order valence-electron chi connectivity index (χ3n) is 3.67. The first kappa shape index (κ1) is 16.7. The van der Waals surface area contributed by atoms with E-state index < -0.39 is 16.0 Å². The number of aromatic hydroxyl groups is 1. The molecule has 7 nitrogen and oxygen atoms in total. The molecule has 0 saturated heterocycles. The van der Waals surface area contributed by atoms with Gasteiger partial charge in [0.2, 0.25) is 0 Å². The van der Waals surface area contributed by atoms with Gasteiger partial charge in [-0.1, -0.05) is 24.3 Å². The van der Waals surface area contributed by atoms with Gasteiger partial charge in [-0.25, -0.2) is 0 Å². The standard InChI is InChI=1S/C17H14N2O5S/c18-11-4-1-3-10(9-11)17(21)19-14-8-7-12-13(16(14)20)5-2-6-15(12)25(22,23)24/h1-9,20H,18H2,(H,19,21)(H,22,23,24). The minimum absolute atomic E-state index is 0.104. The van der Waals surface area contributed by atoms with Crippen LogP contribution >= 0.6 is 0 Å². The number of nitrogens with two attached hydrogens (primary N) is 1. The maximum atomic E-state index is 12.3. The summed E-state index contributed by atoms with van der Waals surface area (Å²) >= 11 is 0. The second-order valence-electron chi connectivity index (χ2n) is 5.37. The molecule has 0 aliphatic heterocycles. The number of carbonyl (C=O) groups excluding carboxylic acids is 1. The number of phenols is 1. The van der Waals surface area contributed by atoms with Gasteiger partial charge in [0.05, 0.1) is 5.69 Å². The smallest absolute Gasteiger partial charge is 0.295 e. The number of fused-ring (bicyclic) bond motifs is 1. The molecule has 8 heteroatoms. The number of nitrogens with one attached hydrogen (secondary N) is 1. The first-order valence-corrected chi connectivity index (χ1v) is 8.60. The van der Waals surface area contributed by atoms with Gasteiger partial charge in [0.25, 0.3) is 16.0 Å². The third-order valence-corrected chi connectivity index (χ3v) is 4.58. The highest BCUT2D eigenvalue weighted by Crippen LogP contribution is 2.35. The number of carbonyl (C=O) groups is 1. The lowest BCUT2D eigenvalue weighted by Crippen LogP contribution is -2.12. The van der Waals surface area contributed by atoms with E-state index in [0.29, 0.717) is 11.3 Å². The van der Waals surface area contributed by atoms with Gasteiger partial charge in [0, 0.05) is 22.0 Å². The number of benzene rings is 3. The van der Waals surface area contributed by atoms with Crippen LogP contribution in [0.4, 0.5) is 11.4 Å². The molecular weight excluding hydrogens is 344 g/mol. The summed E-state index contributed by atoms with van der Waals surface area (Å²) in [7, 11) is -4.44. The summed E-state index contributed by atoms with van der Waals surface area (Å²) in [4.78, 5) is 11.9. The van der Waals surface area contributed by atoms with Gasteiger partial charge < -0.3 is 16.2 Å². The average molecular weight is 358 g/mol. The van der Waals surface area contributed by atoms with Gasteiger partial charge >= 0.3 is 0 Å². The molecule has 3 rings (SSSR count). The van der Waals surface area contributed by atoms with E-state index in [-0.39, 0.29) is 27.1 Å². The molecule has 1 amide bonds. The molecule has 3 aromatic rings. The molecule has 0 bridgehead atoms. The Morgan fingerprint density at radius 2 is 1.72 bits per heavy atom. The zero-order valence-electron chi connectivity index (χ0n) is 12.8. The number of rotatable bonds is 3. The molecule has 128 valence electrons. The fourth-order valence-corrected chi connectivity index (χ4v) is 3.22. The van der Waals surface area contributed by atoms with Crippen LogP contribution in [0.25, 0.3) is 10.8 Å². The summed E-state index contributed by atoms with van der Waals surface area (Å²) < 4.78 is 32.1. The highest BCUT2D eigenvalue weighted by Gasteiger charge is 2.17. The first-order chi connectivity index (χ1) is 11.8. The Kier molecular flexibility index (Phi) is 4.07. The monoisotopic (exact) mass is 358 g/mol. The van der Waals surface area contributed by atoms with Crippen LogP contribution in [0.2, 0.25) is 0 Å². The van der Waals surface area contributed by atoms with Crippen LogP contribution in [-0.2, 0) is 10.1 Å². The fraction of sp³-hybridized carbons (Fsp3) is 0. The lowest BCUT2D eigenvalue weighted by atomic mass is 10.1. The molecular formula is C17H14N2O5S. The Bertz CT molecular complexity index is 1090. The van der Waals surface area contributed by atoms with Crippen molar-refractivity contribution in [1.82, 2.24) is 0 Å². The van der Waals surface area contributed by atoms with Gasteiger partial charge in [0.1, 0.15) is 10.6 Å². The Morgan fingerprint density at radius 3 is 2.40 bits per heavy atom. The topological polar surface area (TPSA) is 130 Å². The number of amides is 1. The predicted molar refractivity (Wildman–Crippen MR) is 94.2 cm³/mol. The highest BCUT2D eigenvalue weighted by atomic mass is 32.2. The minimum atomic E-state index is -4.44. The number of hydrogen-bond donors (Lipinski definition) is 4. The SMILES string of the molecule is Nc1cccc(C(=O)Nc2ccc3c(S(=O)(=O)O)cccc3c2O)c1. The van der Waals surface area contributed by atoms with Gasteiger partial charge in [-0.15, -0.1) is 0 Å². The maximum Gasteiger partial charge on any atom is 0.295 e. The van der Waals surface area contributed by atoms with Crippen molar-refractivity contribution in [3.05, 3.63) is 60.2 Å². The van der Waals surface area contributed by atoms with Crippen molar-refractivity contribution in [3.8, 4) is 5.75 Å². The summed E-state index contributed by atoms with van der Waals surface area (Å²) in [5.41, 5.74) is 6.48. The van der Waals surface area contributed by atoms with E-state index in [1.807, 2.05) is 0 Å². The van der Waals surface area contributed by atoms with Crippen molar-refractivity contribution in [2.75, 3.05) is 11.1 Å². The van der Waals surface area contributed by atoms with Gasteiger partial charge in [0.15, 0.2) is 0 Å². The second kappa shape index (κ2) is 6.08. The normalized spacial score (nSPS) is 11.4. The molecule has 0 unspecified atom stereocenters. The van der Waals surface area contributed by atoms with E-state index in [1.54, 1.807) is 18.2 Å².